The fourth-order valence-corrected chi connectivity index (χ4v) is 3.04. The number of anilines is 1. The Bertz CT molecular complexity index is 774. The zero-order valence-corrected chi connectivity index (χ0v) is 14.5. The number of nitrogens with zero attached hydrogens (tertiary/aromatic N) is 1. The zero-order chi connectivity index (χ0) is 18.4. The average molecular weight is 354 g/mol. The molecule has 0 aliphatic carbocycles. The van der Waals surface area contributed by atoms with Crippen LogP contribution in [0.4, 0.5) is 5.69 Å². The fraction of sp³-hybridized carbons (Fsp3) is 0.300. The smallest absolute Gasteiger partial charge is 0.341 e. The summed E-state index contributed by atoms with van der Waals surface area (Å²) in [5, 5.41) is 11.5. The van der Waals surface area contributed by atoms with Crippen LogP contribution in [-0.2, 0) is 22.4 Å². The summed E-state index contributed by atoms with van der Waals surface area (Å²) < 4.78 is 5.09. The maximum atomic E-state index is 12.2. The molecular formula is C20H22N2O4. The topological polar surface area (TPSA) is 78.9 Å². The normalized spacial score (nSPS) is 12.5. The predicted molar refractivity (Wildman–Crippen MR) is 98.6 cm³/mol. The number of carbonyl (C=O) groups is 2. The van der Waals surface area contributed by atoms with Crippen LogP contribution in [0.5, 0.6) is 5.75 Å². The zero-order valence-electron chi connectivity index (χ0n) is 14.5. The molecule has 0 unspecified atom stereocenters. The minimum absolute atomic E-state index is 0.0168. The van der Waals surface area contributed by atoms with Crippen molar-refractivity contribution < 1.29 is 19.4 Å². The van der Waals surface area contributed by atoms with Crippen molar-refractivity contribution in [2.24, 2.45) is 0 Å². The maximum Gasteiger partial charge on any atom is 0.341 e. The van der Waals surface area contributed by atoms with E-state index in [0.717, 1.165) is 24.2 Å². The van der Waals surface area contributed by atoms with Gasteiger partial charge in [0.05, 0.1) is 6.54 Å². The van der Waals surface area contributed by atoms with E-state index in [-0.39, 0.29) is 12.5 Å². The molecular weight excluding hydrogens is 332 g/mol. The monoisotopic (exact) mass is 354 g/mol. The molecule has 3 rings (SSSR count). The van der Waals surface area contributed by atoms with Gasteiger partial charge in [-0.25, -0.2) is 4.79 Å². The van der Waals surface area contributed by atoms with Crippen LogP contribution < -0.4 is 15.0 Å². The van der Waals surface area contributed by atoms with Gasteiger partial charge in [0, 0.05) is 18.8 Å². The Balaban J connectivity index is 1.41. The molecule has 1 aliphatic rings. The van der Waals surface area contributed by atoms with Crippen LogP contribution in [-0.4, -0.2) is 43.2 Å². The highest BCUT2D eigenvalue weighted by molar-refractivity contribution is 5.82. The number of benzene rings is 2. The number of carbonyl (C=O) groups excluding carboxylic acids is 1. The third kappa shape index (κ3) is 4.75. The van der Waals surface area contributed by atoms with Gasteiger partial charge in [-0.05, 0) is 42.2 Å². The van der Waals surface area contributed by atoms with Gasteiger partial charge in [0.25, 0.3) is 0 Å². The highest BCUT2D eigenvalue weighted by Crippen LogP contribution is 2.26. The van der Waals surface area contributed by atoms with Crippen LogP contribution >= 0.6 is 0 Å². The Hall–Kier alpha value is -3.02. The lowest BCUT2D eigenvalue weighted by atomic mass is 10.1. The quantitative estimate of drug-likeness (QED) is 0.757. The largest absolute Gasteiger partial charge is 0.482 e. The van der Waals surface area contributed by atoms with E-state index in [9.17, 15) is 9.59 Å². The van der Waals surface area contributed by atoms with Crippen molar-refractivity contribution in [2.45, 2.75) is 12.8 Å². The van der Waals surface area contributed by atoms with E-state index in [1.54, 1.807) is 12.1 Å². The summed E-state index contributed by atoms with van der Waals surface area (Å²) in [6.07, 6.45) is 1.70. The molecule has 2 aromatic carbocycles. The molecule has 0 saturated heterocycles. The van der Waals surface area contributed by atoms with E-state index in [1.807, 2.05) is 24.3 Å². The lowest BCUT2D eigenvalue weighted by Crippen LogP contribution is -2.37. The summed E-state index contributed by atoms with van der Waals surface area (Å²) in [5.74, 6) is -0.464. The van der Waals surface area contributed by atoms with Gasteiger partial charge in [-0.3, -0.25) is 4.79 Å². The summed E-state index contributed by atoms with van der Waals surface area (Å²) in [4.78, 5) is 24.8. The van der Waals surface area contributed by atoms with Gasteiger partial charge in [-0.2, -0.15) is 0 Å². The number of hydrogen-bond acceptors (Lipinski definition) is 4. The number of aliphatic carboxylic acids is 1. The molecule has 0 radical (unpaired) electrons. The third-order valence-corrected chi connectivity index (χ3v) is 4.34. The Morgan fingerprint density at radius 1 is 1.12 bits per heavy atom. The molecule has 0 aromatic heterocycles. The van der Waals surface area contributed by atoms with Crippen LogP contribution in [0.3, 0.4) is 0 Å². The van der Waals surface area contributed by atoms with Gasteiger partial charge in [0.2, 0.25) is 5.91 Å². The van der Waals surface area contributed by atoms with E-state index < -0.39 is 5.97 Å². The molecule has 1 aliphatic heterocycles. The van der Waals surface area contributed by atoms with Crippen molar-refractivity contribution >= 4 is 17.6 Å². The molecule has 0 fully saturated rings. The van der Waals surface area contributed by atoms with Crippen molar-refractivity contribution in [3.8, 4) is 5.75 Å². The number of rotatable bonds is 8. The molecule has 6 heteroatoms. The number of ether oxygens (including phenoxy) is 1. The summed E-state index contributed by atoms with van der Waals surface area (Å²) in [5.41, 5.74) is 3.50. The third-order valence-electron chi connectivity index (χ3n) is 4.34. The number of amides is 1. The van der Waals surface area contributed by atoms with Crippen LogP contribution in [0.2, 0.25) is 0 Å². The van der Waals surface area contributed by atoms with Gasteiger partial charge in [0.1, 0.15) is 5.75 Å². The second-order valence-electron chi connectivity index (χ2n) is 6.23. The Morgan fingerprint density at radius 2 is 1.88 bits per heavy atom. The SMILES string of the molecule is O=C(O)COc1ccc(CCNC(=O)CN2CCc3ccccc32)cc1. The van der Waals surface area contributed by atoms with Gasteiger partial charge >= 0.3 is 5.97 Å². The van der Waals surface area contributed by atoms with E-state index in [2.05, 4.69) is 22.3 Å². The molecule has 6 nitrogen and oxygen atoms in total. The highest BCUT2D eigenvalue weighted by Gasteiger charge is 2.20. The number of carboxylic acids is 1. The molecule has 2 aromatic rings. The number of hydrogen-bond donors (Lipinski definition) is 2. The maximum absolute atomic E-state index is 12.2. The van der Waals surface area contributed by atoms with E-state index >= 15 is 0 Å². The van der Waals surface area contributed by atoms with E-state index in [0.29, 0.717) is 25.3 Å². The Morgan fingerprint density at radius 3 is 2.65 bits per heavy atom. The minimum Gasteiger partial charge on any atom is -0.482 e. The first kappa shape index (κ1) is 17.8. The summed E-state index contributed by atoms with van der Waals surface area (Å²) >= 11 is 0. The summed E-state index contributed by atoms with van der Waals surface area (Å²) in [6.45, 7) is 1.46. The first-order chi connectivity index (χ1) is 12.6. The Labute approximate surface area is 152 Å². The van der Waals surface area contributed by atoms with Crippen molar-refractivity contribution in [2.75, 3.05) is 31.1 Å². The molecule has 26 heavy (non-hydrogen) atoms. The lowest BCUT2D eigenvalue weighted by Gasteiger charge is -2.18. The van der Waals surface area contributed by atoms with Crippen LogP contribution in [0.25, 0.3) is 0 Å². The predicted octanol–water partition coefficient (Wildman–Crippen LogP) is 1.87. The van der Waals surface area contributed by atoms with Gasteiger partial charge in [0.15, 0.2) is 6.61 Å². The molecule has 1 heterocycles. The van der Waals surface area contributed by atoms with Gasteiger partial charge in [-0.1, -0.05) is 30.3 Å². The molecule has 0 atom stereocenters. The number of fused-ring (bicyclic) bond motifs is 1. The Kier molecular flexibility index (Phi) is 5.73. The molecule has 0 bridgehead atoms. The lowest BCUT2D eigenvalue weighted by molar-refractivity contribution is -0.139. The van der Waals surface area contributed by atoms with Crippen LogP contribution in [0.1, 0.15) is 11.1 Å². The standard InChI is InChI=1S/C20H22N2O4/c23-19(13-22-12-10-16-3-1-2-4-18(16)22)21-11-9-15-5-7-17(8-6-15)26-14-20(24)25/h1-8H,9-14H2,(H,21,23)(H,24,25). The van der Waals surface area contributed by atoms with Gasteiger partial charge in [-0.15, -0.1) is 0 Å². The molecule has 0 spiro atoms. The fourth-order valence-electron chi connectivity index (χ4n) is 3.04. The number of para-hydroxylation sites is 1. The minimum atomic E-state index is -1.00. The van der Waals surface area contributed by atoms with Crippen molar-refractivity contribution in [3.05, 3.63) is 59.7 Å². The first-order valence-corrected chi connectivity index (χ1v) is 8.65. The second-order valence-corrected chi connectivity index (χ2v) is 6.23. The van der Waals surface area contributed by atoms with Crippen molar-refractivity contribution in [1.82, 2.24) is 5.32 Å². The second kappa shape index (κ2) is 8.38. The summed E-state index contributed by atoms with van der Waals surface area (Å²) in [7, 11) is 0. The van der Waals surface area contributed by atoms with Crippen LogP contribution in [0, 0.1) is 0 Å². The van der Waals surface area contributed by atoms with E-state index in [4.69, 9.17) is 9.84 Å². The average Bonchev–Trinajstić information content (AvgIpc) is 3.04. The van der Waals surface area contributed by atoms with Gasteiger partial charge < -0.3 is 20.1 Å². The molecule has 136 valence electrons. The highest BCUT2D eigenvalue weighted by atomic mass is 16.5. The number of carboxylic acid groups (broad SMARTS) is 1. The van der Waals surface area contributed by atoms with Crippen molar-refractivity contribution in [1.29, 1.82) is 0 Å². The van der Waals surface area contributed by atoms with E-state index in [1.165, 1.54) is 5.56 Å². The van der Waals surface area contributed by atoms with Crippen LogP contribution in [0.15, 0.2) is 48.5 Å². The molecule has 1 amide bonds. The number of nitrogens with one attached hydrogen (secondary N) is 1. The first-order valence-electron chi connectivity index (χ1n) is 8.65. The van der Waals surface area contributed by atoms with Crippen molar-refractivity contribution in [3.63, 3.8) is 0 Å². The molecule has 2 N–H and O–H groups in total. The molecule has 0 saturated carbocycles. The summed E-state index contributed by atoms with van der Waals surface area (Å²) in [6, 6.07) is 15.4.